The Balaban J connectivity index is 2.39. The Morgan fingerprint density at radius 3 is 2.76 bits per heavy atom. The molecule has 17 heavy (non-hydrogen) atoms. The quantitative estimate of drug-likeness (QED) is 0.640. The largest absolute Gasteiger partial charge is 0.481 e. The van der Waals surface area contributed by atoms with Crippen molar-refractivity contribution in [3.63, 3.8) is 0 Å². The molecule has 0 heterocycles. The molecule has 3 unspecified atom stereocenters. The maximum absolute atomic E-state index is 11.5. The van der Waals surface area contributed by atoms with Gasteiger partial charge in [0.05, 0.1) is 12.0 Å². The Morgan fingerprint density at radius 1 is 1.47 bits per heavy atom. The SMILES string of the molecule is C#CC(C)NC(=O)NC1CCCC(C(=O)O)C1. The summed E-state index contributed by atoms with van der Waals surface area (Å²) < 4.78 is 0. The van der Waals surface area contributed by atoms with E-state index in [-0.39, 0.29) is 24.0 Å². The number of carbonyl (C=O) groups excluding carboxylic acids is 1. The number of nitrogens with one attached hydrogen (secondary N) is 2. The highest BCUT2D eigenvalue weighted by atomic mass is 16.4. The van der Waals surface area contributed by atoms with Gasteiger partial charge in [-0.05, 0) is 26.2 Å². The lowest BCUT2D eigenvalue weighted by atomic mass is 9.86. The summed E-state index contributed by atoms with van der Waals surface area (Å²) >= 11 is 0. The van der Waals surface area contributed by atoms with E-state index in [1.807, 2.05) is 0 Å². The molecule has 94 valence electrons. The molecule has 1 fully saturated rings. The zero-order chi connectivity index (χ0) is 12.8. The van der Waals surface area contributed by atoms with Crippen molar-refractivity contribution in [3.8, 4) is 12.3 Å². The van der Waals surface area contributed by atoms with Crippen LogP contribution >= 0.6 is 0 Å². The summed E-state index contributed by atoms with van der Waals surface area (Å²) in [7, 11) is 0. The lowest BCUT2D eigenvalue weighted by Crippen LogP contribution is -2.47. The Kier molecular flexibility index (Phi) is 4.83. The lowest BCUT2D eigenvalue weighted by Gasteiger charge is -2.27. The number of carbonyl (C=O) groups is 2. The number of carboxylic acids is 1. The zero-order valence-corrected chi connectivity index (χ0v) is 9.90. The first-order valence-corrected chi connectivity index (χ1v) is 5.79. The van der Waals surface area contributed by atoms with Crippen molar-refractivity contribution in [2.24, 2.45) is 5.92 Å². The first-order valence-electron chi connectivity index (χ1n) is 5.79. The van der Waals surface area contributed by atoms with Crippen molar-refractivity contribution in [1.29, 1.82) is 0 Å². The van der Waals surface area contributed by atoms with Crippen LogP contribution in [0.3, 0.4) is 0 Å². The van der Waals surface area contributed by atoms with Gasteiger partial charge in [-0.3, -0.25) is 4.79 Å². The van der Waals surface area contributed by atoms with Crippen molar-refractivity contribution in [2.45, 2.75) is 44.7 Å². The third-order valence-corrected chi connectivity index (χ3v) is 2.96. The van der Waals surface area contributed by atoms with Crippen LogP contribution in [0.1, 0.15) is 32.6 Å². The summed E-state index contributed by atoms with van der Waals surface area (Å²) in [6.07, 6.45) is 7.98. The summed E-state index contributed by atoms with van der Waals surface area (Å²) in [6.45, 7) is 1.71. The van der Waals surface area contributed by atoms with E-state index in [1.54, 1.807) is 6.92 Å². The second-order valence-electron chi connectivity index (χ2n) is 4.40. The molecule has 0 spiro atoms. The van der Waals surface area contributed by atoms with Gasteiger partial charge in [0.15, 0.2) is 0 Å². The van der Waals surface area contributed by atoms with Gasteiger partial charge < -0.3 is 15.7 Å². The first kappa shape index (κ1) is 13.4. The molecule has 5 heteroatoms. The van der Waals surface area contributed by atoms with Gasteiger partial charge >= 0.3 is 12.0 Å². The molecule has 3 N–H and O–H groups in total. The molecule has 1 aliphatic carbocycles. The van der Waals surface area contributed by atoms with Gasteiger partial charge in [0.1, 0.15) is 0 Å². The van der Waals surface area contributed by atoms with Gasteiger partial charge in [-0.2, -0.15) is 0 Å². The van der Waals surface area contributed by atoms with E-state index in [2.05, 4.69) is 16.6 Å². The smallest absolute Gasteiger partial charge is 0.315 e. The van der Waals surface area contributed by atoms with E-state index in [0.29, 0.717) is 12.8 Å². The van der Waals surface area contributed by atoms with Crippen LogP contribution in [0.25, 0.3) is 0 Å². The van der Waals surface area contributed by atoms with Gasteiger partial charge in [-0.15, -0.1) is 6.42 Å². The van der Waals surface area contributed by atoms with Crippen LogP contribution in [0.2, 0.25) is 0 Å². The molecule has 0 saturated heterocycles. The molecule has 1 aliphatic rings. The molecule has 0 aromatic rings. The van der Waals surface area contributed by atoms with Gasteiger partial charge in [0, 0.05) is 6.04 Å². The van der Waals surface area contributed by atoms with Crippen molar-refractivity contribution < 1.29 is 14.7 Å². The monoisotopic (exact) mass is 238 g/mol. The maximum atomic E-state index is 11.5. The van der Waals surface area contributed by atoms with Crippen LogP contribution in [0.5, 0.6) is 0 Å². The highest BCUT2D eigenvalue weighted by Gasteiger charge is 2.27. The number of amides is 2. The number of carboxylic acid groups (broad SMARTS) is 1. The molecule has 2 amide bonds. The summed E-state index contributed by atoms with van der Waals surface area (Å²) in [5.74, 6) is 1.26. The fraction of sp³-hybridized carbons (Fsp3) is 0.667. The van der Waals surface area contributed by atoms with E-state index in [1.165, 1.54) is 0 Å². The van der Waals surface area contributed by atoms with Crippen molar-refractivity contribution in [2.75, 3.05) is 0 Å². The normalized spacial score (nSPS) is 25.4. The highest BCUT2D eigenvalue weighted by Crippen LogP contribution is 2.24. The second-order valence-corrected chi connectivity index (χ2v) is 4.40. The Morgan fingerprint density at radius 2 is 2.18 bits per heavy atom. The minimum atomic E-state index is -0.783. The summed E-state index contributed by atoms with van der Waals surface area (Å²) in [6, 6.07) is -0.727. The number of hydrogen-bond donors (Lipinski definition) is 3. The minimum absolute atomic E-state index is 0.0742. The number of urea groups is 1. The second kappa shape index (κ2) is 6.14. The van der Waals surface area contributed by atoms with Crippen LogP contribution in [0.4, 0.5) is 4.79 Å². The maximum Gasteiger partial charge on any atom is 0.315 e. The Hall–Kier alpha value is -1.70. The minimum Gasteiger partial charge on any atom is -0.481 e. The molecule has 0 radical (unpaired) electrons. The molecule has 5 nitrogen and oxygen atoms in total. The number of rotatable bonds is 3. The van der Waals surface area contributed by atoms with E-state index in [0.717, 1.165) is 12.8 Å². The summed E-state index contributed by atoms with van der Waals surface area (Å²) in [5.41, 5.74) is 0. The molecule has 3 atom stereocenters. The van der Waals surface area contributed by atoms with Crippen LogP contribution < -0.4 is 10.6 Å². The van der Waals surface area contributed by atoms with Crippen molar-refractivity contribution >= 4 is 12.0 Å². The molecular formula is C12H18N2O3. The predicted octanol–water partition coefficient (Wildman–Crippen LogP) is 0.951. The first-order chi connectivity index (χ1) is 8.02. The molecule has 0 aliphatic heterocycles. The van der Waals surface area contributed by atoms with E-state index in [9.17, 15) is 9.59 Å². The highest BCUT2D eigenvalue weighted by molar-refractivity contribution is 5.75. The zero-order valence-electron chi connectivity index (χ0n) is 9.90. The van der Waals surface area contributed by atoms with Gasteiger partial charge in [-0.25, -0.2) is 4.79 Å². The standard InChI is InChI=1S/C12H18N2O3/c1-3-8(2)13-12(17)14-10-6-4-5-9(7-10)11(15)16/h1,8-10H,4-7H2,2H3,(H,15,16)(H2,13,14,17). The Bertz CT molecular complexity index is 335. The fourth-order valence-electron chi connectivity index (χ4n) is 2.01. The topological polar surface area (TPSA) is 78.4 Å². The Labute approximate surface area is 101 Å². The number of terminal acetylenes is 1. The van der Waals surface area contributed by atoms with E-state index >= 15 is 0 Å². The summed E-state index contributed by atoms with van der Waals surface area (Å²) in [4.78, 5) is 22.3. The lowest BCUT2D eigenvalue weighted by molar-refractivity contribution is -0.143. The number of aliphatic carboxylic acids is 1. The van der Waals surface area contributed by atoms with Gasteiger partial charge in [-0.1, -0.05) is 12.3 Å². The molecular weight excluding hydrogens is 220 g/mol. The van der Waals surface area contributed by atoms with E-state index in [4.69, 9.17) is 11.5 Å². The number of hydrogen-bond acceptors (Lipinski definition) is 2. The molecule has 0 bridgehead atoms. The van der Waals surface area contributed by atoms with Crippen LogP contribution in [0, 0.1) is 18.3 Å². The third kappa shape index (κ3) is 4.35. The average molecular weight is 238 g/mol. The van der Waals surface area contributed by atoms with Crippen LogP contribution in [0.15, 0.2) is 0 Å². The van der Waals surface area contributed by atoms with Gasteiger partial charge in [0.2, 0.25) is 0 Å². The average Bonchev–Trinajstić information content (AvgIpc) is 2.28. The van der Waals surface area contributed by atoms with Crippen molar-refractivity contribution in [3.05, 3.63) is 0 Å². The molecule has 0 aromatic carbocycles. The molecule has 1 saturated carbocycles. The fourth-order valence-corrected chi connectivity index (χ4v) is 2.01. The molecule has 1 rings (SSSR count). The summed E-state index contributed by atoms with van der Waals surface area (Å²) in [5, 5.41) is 14.3. The van der Waals surface area contributed by atoms with Gasteiger partial charge in [0.25, 0.3) is 0 Å². The van der Waals surface area contributed by atoms with Crippen LogP contribution in [-0.2, 0) is 4.79 Å². The predicted molar refractivity (Wildman–Crippen MR) is 63.3 cm³/mol. The van der Waals surface area contributed by atoms with E-state index < -0.39 is 5.97 Å². The van der Waals surface area contributed by atoms with Crippen LogP contribution in [-0.4, -0.2) is 29.2 Å². The third-order valence-electron chi connectivity index (χ3n) is 2.96. The van der Waals surface area contributed by atoms with Crippen molar-refractivity contribution in [1.82, 2.24) is 10.6 Å². The molecule has 0 aromatic heterocycles.